The van der Waals surface area contributed by atoms with Gasteiger partial charge in [-0.05, 0) is 68.9 Å². The monoisotopic (exact) mass is 487 g/mol. The summed E-state index contributed by atoms with van der Waals surface area (Å²) >= 11 is 0. The molecular weight excluding hydrogens is 450 g/mol. The molecule has 7 rings (SSSR count). The number of hydrogen-bond donors (Lipinski definition) is 2. The van der Waals surface area contributed by atoms with Gasteiger partial charge in [0.2, 0.25) is 0 Å². The Balaban J connectivity index is 1.25. The van der Waals surface area contributed by atoms with Crippen LogP contribution < -0.4 is 11.2 Å². The van der Waals surface area contributed by atoms with E-state index in [1.807, 2.05) is 12.1 Å². The van der Waals surface area contributed by atoms with Gasteiger partial charge in [-0.25, -0.2) is 9.78 Å². The number of piperidine rings is 2. The summed E-state index contributed by atoms with van der Waals surface area (Å²) in [7, 11) is 0. The predicted molar refractivity (Wildman–Crippen MR) is 141 cm³/mol. The van der Waals surface area contributed by atoms with Gasteiger partial charge in [0.15, 0.2) is 5.82 Å². The fourth-order valence-electron chi connectivity index (χ4n) is 8.50. The summed E-state index contributed by atoms with van der Waals surface area (Å²) in [6.45, 7) is 0. The van der Waals surface area contributed by atoms with Gasteiger partial charge < -0.3 is 9.55 Å². The highest BCUT2D eigenvalue weighted by molar-refractivity contribution is 5.80. The Bertz CT molecular complexity index is 1320. The Kier molecular flexibility index (Phi) is 5.64. The smallest absolute Gasteiger partial charge is 0.319 e. The maximum atomic E-state index is 12.2. The first-order valence-electron chi connectivity index (χ1n) is 14.2. The summed E-state index contributed by atoms with van der Waals surface area (Å²) in [4.78, 5) is 37.3. The summed E-state index contributed by atoms with van der Waals surface area (Å²) in [5.41, 5.74) is 1.63. The Morgan fingerprint density at radius 1 is 0.750 bits per heavy atom. The van der Waals surface area contributed by atoms with Gasteiger partial charge in [-0.3, -0.25) is 14.7 Å². The first kappa shape index (κ1) is 22.5. The molecule has 2 aliphatic carbocycles. The number of imidazole rings is 1. The Morgan fingerprint density at radius 2 is 1.47 bits per heavy atom. The second kappa shape index (κ2) is 9.02. The van der Waals surface area contributed by atoms with Gasteiger partial charge in [0.1, 0.15) is 0 Å². The van der Waals surface area contributed by atoms with Crippen LogP contribution in [0.2, 0.25) is 0 Å². The maximum Gasteiger partial charge on any atom is 0.326 e. The van der Waals surface area contributed by atoms with Crippen molar-refractivity contribution < 1.29 is 0 Å². The average molecular weight is 488 g/mol. The third-order valence-corrected chi connectivity index (χ3v) is 9.74. The summed E-state index contributed by atoms with van der Waals surface area (Å²) in [6.07, 6.45) is 16.2. The molecule has 2 aromatic heterocycles. The van der Waals surface area contributed by atoms with Crippen molar-refractivity contribution in [3.05, 3.63) is 51.2 Å². The summed E-state index contributed by atoms with van der Waals surface area (Å²) in [6, 6.07) is 12.0. The van der Waals surface area contributed by atoms with Crippen LogP contribution in [0.25, 0.3) is 22.6 Å². The molecule has 7 heteroatoms. The van der Waals surface area contributed by atoms with Gasteiger partial charge in [-0.2, -0.15) is 0 Å². The fraction of sp³-hybridized carbons (Fsp3) is 0.621. The third-order valence-electron chi connectivity index (χ3n) is 9.74. The van der Waals surface area contributed by atoms with Crippen molar-refractivity contribution in [1.82, 2.24) is 24.4 Å². The Morgan fingerprint density at radius 3 is 2.19 bits per heavy atom. The highest BCUT2D eigenvalue weighted by Gasteiger charge is 2.45. The van der Waals surface area contributed by atoms with Crippen LogP contribution in [0.3, 0.4) is 0 Å². The average Bonchev–Trinajstić information content (AvgIpc) is 3.16. The van der Waals surface area contributed by atoms with E-state index >= 15 is 0 Å². The molecule has 2 saturated heterocycles. The Labute approximate surface area is 211 Å². The van der Waals surface area contributed by atoms with Crippen molar-refractivity contribution >= 4 is 11.0 Å². The lowest BCUT2D eigenvalue weighted by Crippen LogP contribution is -2.58. The van der Waals surface area contributed by atoms with E-state index in [2.05, 4.69) is 31.6 Å². The molecule has 0 amide bonds. The van der Waals surface area contributed by atoms with E-state index in [0.29, 0.717) is 29.6 Å². The zero-order valence-corrected chi connectivity index (χ0v) is 21.0. The van der Waals surface area contributed by atoms with Crippen LogP contribution in [0.5, 0.6) is 0 Å². The highest BCUT2D eigenvalue weighted by Crippen LogP contribution is 2.47. The van der Waals surface area contributed by atoms with Crippen molar-refractivity contribution in [1.29, 1.82) is 0 Å². The SMILES string of the molecule is O=c1cc(-c2nc3ccccc3n2C2C[C@H]3CCC[C@@H](C2)N3C2C[C@H]3CCCC[C@@H](C2)C3)[nH]c(=O)[nH]1. The van der Waals surface area contributed by atoms with Crippen molar-refractivity contribution in [2.24, 2.45) is 11.8 Å². The number of H-pyrrole nitrogens is 2. The highest BCUT2D eigenvalue weighted by atomic mass is 16.2. The van der Waals surface area contributed by atoms with E-state index in [9.17, 15) is 9.59 Å². The van der Waals surface area contributed by atoms with Crippen molar-refractivity contribution in [3.8, 4) is 11.5 Å². The second-order valence-electron chi connectivity index (χ2n) is 12.0. The molecule has 4 bridgehead atoms. The van der Waals surface area contributed by atoms with Gasteiger partial charge in [0, 0.05) is 30.2 Å². The van der Waals surface area contributed by atoms with E-state index < -0.39 is 11.2 Å². The molecule has 190 valence electrons. The molecule has 6 atom stereocenters. The summed E-state index contributed by atoms with van der Waals surface area (Å²) in [5.74, 6) is 2.58. The van der Waals surface area contributed by atoms with Crippen molar-refractivity contribution in [3.63, 3.8) is 0 Å². The van der Waals surface area contributed by atoms with Crippen molar-refractivity contribution in [2.75, 3.05) is 0 Å². The van der Waals surface area contributed by atoms with E-state index in [1.165, 1.54) is 70.3 Å². The number of benzene rings is 1. The van der Waals surface area contributed by atoms with E-state index in [-0.39, 0.29) is 0 Å². The number of fused-ring (bicyclic) bond motifs is 5. The van der Waals surface area contributed by atoms with Crippen molar-refractivity contribution in [2.45, 2.75) is 101 Å². The molecule has 0 radical (unpaired) electrons. The van der Waals surface area contributed by atoms with Crippen LogP contribution in [0.15, 0.2) is 39.9 Å². The van der Waals surface area contributed by atoms with E-state index in [1.54, 1.807) is 0 Å². The minimum absolute atomic E-state index is 0.313. The lowest BCUT2D eigenvalue weighted by molar-refractivity contribution is -0.0415. The number of rotatable bonds is 3. The zero-order valence-electron chi connectivity index (χ0n) is 21.0. The maximum absolute atomic E-state index is 12.2. The molecule has 4 aliphatic rings. The van der Waals surface area contributed by atoms with Crippen LogP contribution in [-0.4, -0.2) is 42.5 Å². The minimum Gasteiger partial charge on any atom is -0.319 e. The fourth-order valence-corrected chi connectivity index (χ4v) is 8.50. The molecule has 7 nitrogen and oxygen atoms in total. The van der Waals surface area contributed by atoms with Gasteiger partial charge in [0.05, 0.1) is 16.7 Å². The molecule has 4 heterocycles. The molecule has 36 heavy (non-hydrogen) atoms. The lowest BCUT2D eigenvalue weighted by Gasteiger charge is -2.54. The normalized spacial score (nSPS) is 32.9. The number of aromatic nitrogens is 4. The molecular formula is C29H37N5O2. The molecule has 4 fully saturated rings. The van der Waals surface area contributed by atoms with Crippen LogP contribution >= 0.6 is 0 Å². The summed E-state index contributed by atoms with van der Waals surface area (Å²) < 4.78 is 2.34. The van der Waals surface area contributed by atoms with Gasteiger partial charge in [-0.1, -0.05) is 44.2 Å². The first-order chi connectivity index (χ1) is 17.6. The quantitative estimate of drug-likeness (QED) is 0.545. The number of nitrogens with zero attached hydrogens (tertiary/aromatic N) is 3. The number of para-hydroxylation sites is 2. The number of nitrogens with one attached hydrogen (secondary N) is 2. The van der Waals surface area contributed by atoms with E-state index in [0.717, 1.165) is 41.8 Å². The van der Waals surface area contributed by atoms with Gasteiger partial charge in [0.25, 0.3) is 5.56 Å². The molecule has 1 aromatic carbocycles. The molecule has 0 spiro atoms. The van der Waals surface area contributed by atoms with Crippen LogP contribution in [0.4, 0.5) is 0 Å². The summed E-state index contributed by atoms with van der Waals surface area (Å²) in [5, 5.41) is 0. The van der Waals surface area contributed by atoms with E-state index in [4.69, 9.17) is 4.98 Å². The zero-order chi connectivity index (χ0) is 24.2. The Hall–Kier alpha value is -2.67. The third kappa shape index (κ3) is 3.96. The molecule has 2 aliphatic heterocycles. The van der Waals surface area contributed by atoms with Gasteiger partial charge >= 0.3 is 5.69 Å². The second-order valence-corrected chi connectivity index (χ2v) is 12.0. The minimum atomic E-state index is -0.485. The van der Waals surface area contributed by atoms with Gasteiger partial charge in [-0.15, -0.1) is 0 Å². The largest absolute Gasteiger partial charge is 0.326 e. The molecule has 3 aromatic rings. The van der Waals surface area contributed by atoms with Crippen LogP contribution in [0, 0.1) is 11.8 Å². The molecule has 2 unspecified atom stereocenters. The standard InChI is InChI=1S/C29H37N5O2/c35-27-17-25(31-29(36)32-27)28-30-24-10-3-4-11-26(24)34(28)23-15-20-8-5-9-21(16-23)33(20)22-13-18-6-1-2-7-19(12-18)14-22/h3-4,10-11,17-23H,1-2,5-9,12-16H2,(H2,31,32,35,36)/t18-,19+,20-,21+,22?,23?. The van der Waals surface area contributed by atoms with Crippen LogP contribution in [-0.2, 0) is 0 Å². The molecule has 2 saturated carbocycles. The predicted octanol–water partition coefficient (Wildman–Crippen LogP) is 5.00. The lowest BCUT2D eigenvalue weighted by atomic mass is 9.73. The first-order valence-corrected chi connectivity index (χ1v) is 14.2. The number of aromatic amines is 2. The molecule has 2 N–H and O–H groups in total. The van der Waals surface area contributed by atoms with Crippen LogP contribution in [0.1, 0.15) is 83.1 Å². The number of hydrogen-bond acceptors (Lipinski definition) is 4. The topological polar surface area (TPSA) is 86.8 Å².